The molecule has 4 nitrogen and oxygen atoms in total. The van der Waals surface area contributed by atoms with Gasteiger partial charge in [0.2, 0.25) is 5.91 Å². The number of halogens is 2. The molecule has 7 heteroatoms. The van der Waals surface area contributed by atoms with Crippen LogP contribution in [0.25, 0.3) is 11.3 Å². The summed E-state index contributed by atoms with van der Waals surface area (Å²) in [6.45, 7) is 3.75. The number of benzene rings is 1. The summed E-state index contributed by atoms with van der Waals surface area (Å²) in [5.74, 6) is -0.00314. The van der Waals surface area contributed by atoms with E-state index in [1.807, 2.05) is 5.38 Å². The molecule has 25 heavy (non-hydrogen) atoms. The molecule has 2 heterocycles. The maximum Gasteiger partial charge on any atom is 0.229 e. The van der Waals surface area contributed by atoms with Gasteiger partial charge in [-0.2, -0.15) is 0 Å². The third kappa shape index (κ3) is 3.57. The van der Waals surface area contributed by atoms with Crippen molar-refractivity contribution in [3.05, 3.63) is 35.0 Å². The molecule has 1 aliphatic carbocycles. The van der Waals surface area contributed by atoms with Crippen LogP contribution in [-0.4, -0.2) is 24.0 Å². The van der Waals surface area contributed by atoms with Crippen LogP contribution in [0, 0.1) is 24.1 Å². The molecule has 1 saturated heterocycles. The monoisotopic (exact) mass is 381 g/mol. The lowest BCUT2D eigenvalue weighted by Gasteiger charge is -2.22. The van der Waals surface area contributed by atoms with Crippen LogP contribution < -0.4 is 10.6 Å². The van der Waals surface area contributed by atoms with E-state index in [0.717, 1.165) is 43.6 Å². The summed E-state index contributed by atoms with van der Waals surface area (Å²) in [5.41, 5.74) is 2.46. The van der Waals surface area contributed by atoms with Crippen molar-refractivity contribution in [3.8, 4) is 11.3 Å². The molecule has 0 radical (unpaired) electrons. The van der Waals surface area contributed by atoms with Crippen molar-refractivity contribution in [2.75, 3.05) is 18.4 Å². The molecule has 1 spiro atoms. The number of piperidine rings is 1. The van der Waals surface area contributed by atoms with Crippen LogP contribution in [0.4, 0.5) is 9.52 Å². The number of carbonyl (C=O) groups is 1. The van der Waals surface area contributed by atoms with Crippen molar-refractivity contribution in [2.24, 2.45) is 11.3 Å². The molecule has 1 amide bonds. The number of hydrogen-bond acceptors (Lipinski definition) is 4. The van der Waals surface area contributed by atoms with E-state index in [9.17, 15) is 9.18 Å². The molecule has 1 aromatic heterocycles. The lowest BCUT2D eigenvalue weighted by Crippen LogP contribution is -2.31. The van der Waals surface area contributed by atoms with Gasteiger partial charge in [0, 0.05) is 16.9 Å². The van der Waals surface area contributed by atoms with Crippen LogP contribution in [-0.2, 0) is 4.79 Å². The van der Waals surface area contributed by atoms with E-state index in [2.05, 4.69) is 15.6 Å². The molecule has 1 aliphatic heterocycles. The van der Waals surface area contributed by atoms with Crippen LogP contribution in [0.2, 0.25) is 0 Å². The first-order valence-corrected chi connectivity index (χ1v) is 9.19. The number of amides is 1. The second kappa shape index (κ2) is 7.02. The van der Waals surface area contributed by atoms with Gasteiger partial charge in [-0.3, -0.25) is 4.79 Å². The highest BCUT2D eigenvalue weighted by Crippen LogP contribution is 2.58. The fourth-order valence-corrected chi connectivity index (χ4v) is 4.38. The zero-order chi connectivity index (χ0) is 16.7. The Kier molecular flexibility index (Phi) is 5.14. The standard InChI is InChI=1S/C18H20FN3OS.ClH/c1-11-8-12(2-3-14(11)19)15-10-24-17(21-15)22-16(23)13-9-18(13)4-6-20-7-5-18;/h2-3,8,10,13,20H,4-7,9H2,1H3,(H,21,22,23);1H. The minimum absolute atomic E-state index is 0. The van der Waals surface area contributed by atoms with E-state index >= 15 is 0 Å². The van der Waals surface area contributed by atoms with Gasteiger partial charge < -0.3 is 10.6 Å². The highest BCUT2D eigenvalue weighted by Gasteiger charge is 2.57. The summed E-state index contributed by atoms with van der Waals surface area (Å²) >= 11 is 1.41. The number of carbonyl (C=O) groups excluding carboxylic acids is 1. The number of anilines is 1. The normalized spacial score (nSPS) is 20.8. The summed E-state index contributed by atoms with van der Waals surface area (Å²) < 4.78 is 13.4. The number of aromatic nitrogens is 1. The first kappa shape index (κ1) is 18.3. The van der Waals surface area contributed by atoms with Gasteiger partial charge in [-0.1, -0.05) is 0 Å². The summed E-state index contributed by atoms with van der Waals surface area (Å²) in [5, 5.41) is 8.83. The minimum Gasteiger partial charge on any atom is -0.317 e. The lowest BCUT2D eigenvalue weighted by atomic mass is 9.92. The SMILES string of the molecule is Cc1cc(-c2csc(NC(=O)C3CC34CCNCC4)n2)ccc1F.Cl. The van der Waals surface area contributed by atoms with Crippen molar-refractivity contribution >= 4 is 34.8 Å². The Morgan fingerprint density at radius 2 is 2.16 bits per heavy atom. The Morgan fingerprint density at radius 3 is 2.88 bits per heavy atom. The Hall–Kier alpha value is -1.50. The Labute approximate surface area is 156 Å². The number of nitrogens with one attached hydrogen (secondary N) is 2. The molecule has 4 rings (SSSR count). The van der Waals surface area contributed by atoms with Gasteiger partial charge in [-0.05, 0) is 68.5 Å². The Bertz CT molecular complexity index is 788. The van der Waals surface area contributed by atoms with Crippen LogP contribution in [0.15, 0.2) is 23.6 Å². The van der Waals surface area contributed by atoms with Crippen molar-refractivity contribution in [3.63, 3.8) is 0 Å². The zero-order valence-corrected chi connectivity index (χ0v) is 15.6. The van der Waals surface area contributed by atoms with Gasteiger partial charge >= 0.3 is 0 Å². The predicted molar refractivity (Wildman–Crippen MR) is 101 cm³/mol. The molecule has 1 unspecified atom stereocenters. The number of hydrogen-bond donors (Lipinski definition) is 2. The van der Waals surface area contributed by atoms with Crippen molar-refractivity contribution in [2.45, 2.75) is 26.2 Å². The highest BCUT2D eigenvalue weighted by molar-refractivity contribution is 7.14. The topological polar surface area (TPSA) is 54.0 Å². The number of nitrogens with zero attached hydrogens (tertiary/aromatic N) is 1. The molecule has 2 aliphatic rings. The van der Waals surface area contributed by atoms with Crippen molar-refractivity contribution in [1.29, 1.82) is 0 Å². The molecular weight excluding hydrogens is 361 g/mol. The molecule has 1 atom stereocenters. The van der Waals surface area contributed by atoms with Crippen LogP contribution in [0.5, 0.6) is 0 Å². The summed E-state index contributed by atoms with van der Waals surface area (Å²) in [6, 6.07) is 4.95. The van der Waals surface area contributed by atoms with E-state index in [-0.39, 0.29) is 35.5 Å². The molecule has 2 N–H and O–H groups in total. The van der Waals surface area contributed by atoms with Gasteiger partial charge in [0.15, 0.2) is 5.13 Å². The molecular formula is C18H21ClFN3OS. The van der Waals surface area contributed by atoms with E-state index in [0.29, 0.717) is 10.7 Å². The van der Waals surface area contributed by atoms with Crippen LogP contribution in [0.3, 0.4) is 0 Å². The average molecular weight is 382 g/mol. The van der Waals surface area contributed by atoms with E-state index in [1.54, 1.807) is 19.1 Å². The molecule has 2 aromatic rings. The first-order chi connectivity index (χ1) is 11.6. The van der Waals surface area contributed by atoms with Crippen LogP contribution in [0.1, 0.15) is 24.8 Å². The smallest absolute Gasteiger partial charge is 0.229 e. The van der Waals surface area contributed by atoms with Crippen LogP contribution >= 0.6 is 23.7 Å². The maximum absolute atomic E-state index is 13.4. The summed E-state index contributed by atoms with van der Waals surface area (Å²) in [7, 11) is 0. The number of rotatable bonds is 3. The largest absolute Gasteiger partial charge is 0.317 e. The van der Waals surface area contributed by atoms with Gasteiger partial charge in [0.25, 0.3) is 0 Å². The molecule has 2 fully saturated rings. The number of aryl methyl sites for hydroxylation is 1. The third-order valence-electron chi connectivity index (χ3n) is 5.29. The Morgan fingerprint density at radius 1 is 1.40 bits per heavy atom. The van der Waals surface area contributed by atoms with Crippen molar-refractivity contribution in [1.82, 2.24) is 10.3 Å². The van der Waals surface area contributed by atoms with E-state index in [4.69, 9.17) is 0 Å². The summed E-state index contributed by atoms with van der Waals surface area (Å²) in [6.07, 6.45) is 3.17. The fraction of sp³-hybridized carbons (Fsp3) is 0.444. The molecule has 1 aromatic carbocycles. The van der Waals surface area contributed by atoms with Gasteiger partial charge in [-0.25, -0.2) is 9.37 Å². The second-order valence-electron chi connectivity index (χ2n) is 6.86. The first-order valence-electron chi connectivity index (χ1n) is 8.31. The van der Waals surface area contributed by atoms with Gasteiger partial charge in [0.1, 0.15) is 5.82 Å². The van der Waals surface area contributed by atoms with E-state index in [1.165, 1.54) is 17.4 Å². The summed E-state index contributed by atoms with van der Waals surface area (Å²) in [4.78, 5) is 17.0. The fourth-order valence-electron chi connectivity index (χ4n) is 3.66. The van der Waals surface area contributed by atoms with Crippen molar-refractivity contribution < 1.29 is 9.18 Å². The zero-order valence-electron chi connectivity index (χ0n) is 14.0. The maximum atomic E-state index is 13.4. The number of thiazole rings is 1. The second-order valence-corrected chi connectivity index (χ2v) is 7.72. The molecule has 0 bridgehead atoms. The third-order valence-corrected chi connectivity index (χ3v) is 6.05. The average Bonchev–Trinajstić information content (AvgIpc) is 3.06. The highest BCUT2D eigenvalue weighted by atomic mass is 35.5. The van der Waals surface area contributed by atoms with E-state index < -0.39 is 0 Å². The lowest BCUT2D eigenvalue weighted by molar-refractivity contribution is -0.118. The molecule has 1 saturated carbocycles. The minimum atomic E-state index is -0.219. The quantitative estimate of drug-likeness (QED) is 0.844. The Balaban J connectivity index is 0.00000182. The van der Waals surface area contributed by atoms with Gasteiger partial charge in [-0.15, -0.1) is 23.7 Å². The predicted octanol–water partition coefficient (Wildman–Crippen LogP) is 4.01. The van der Waals surface area contributed by atoms with Gasteiger partial charge in [0.05, 0.1) is 5.69 Å². The molecule has 134 valence electrons.